The van der Waals surface area contributed by atoms with Crippen molar-refractivity contribution in [2.45, 2.75) is 33.6 Å². The molecule has 0 spiro atoms. The maximum absolute atomic E-state index is 13.7. The molecule has 0 radical (unpaired) electrons. The molecule has 3 aromatic rings. The number of esters is 1. The lowest BCUT2D eigenvalue weighted by molar-refractivity contribution is -0.148. The van der Waals surface area contributed by atoms with Crippen molar-refractivity contribution in [3.63, 3.8) is 0 Å². The van der Waals surface area contributed by atoms with Gasteiger partial charge in [0.05, 0.1) is 24.7 Å². The highest BCUT2D eigenvalue weighted by Gasteiger charge is 2.30. The zero-order chi connectivity index (χ0) is 27.9. The van der Waals surface area contributed by atoms with Crippen LogP contribution in [-0.2, 0) is 14.3 Å². The Kier molecular flexibility index (Phi) is 8.61. The first-order valence-electron chi connectivity index (χ1n) is 13.0. The van der Waals surface area contributed by atoms with E-state index in [1.54, 1.807) is 43.5 Å². The maximum Gasteiger partial charge on any atom is 0.310 e. The first-order chi connectivity index (χ1) is 18.9. The molecule has 1 atom stereocenters. The van der Waals surface area contributed by atoms with Gasteiger partial charge in [0.1, 0.15) is 28.9 Å². The van der Waals surface area contributed by atoms with Crippen molar-refractivity contribution in [1.29, 1.82) is 5.26 Å². The van der Waals surface area contributed by atoms with Crippen LogP contribution in [0, 0.1) is 24.2 Å². The number of nitrogens with zero attached hydrogens (tertiary/aromatic N) is 4. The summed E-state index contributed by atoms with van der Waals surface area (Å²) in [5.41, 5.74) is 1.15. The fourth-order valence-electron chi connectivity index (χ4n) is 4.58. The molecule has 3 heterocycles. The number of nitrogens with one attached hydrogen (secondary N) is 1. The third kappa shape index (κ3) is 6.09. The van der Waals surface area contributed by atoms with E-state index in [1.165, 1.54) is 10.5 Å². The van der Waals surface area contributed by atoms with Gasteiger partial charge in [0.15, 0.2) is 0 Å². The molecule has 0 bridgehead atoms. The Balaban J connectivity index is 1.75. The number of rotatable bonds is 8. The number of pyridine rings is 1. The highest BCUT2D eigenvalue weighted by atomic mass is 16.5. The number of piperidine rings is 1. The van der Waals surface area contributed by atoms with Crippen molar-refractivity contribution in [1.82, 2.24) is 9.38 Å². The molecular formula is C29H31N5O5. The van der Waals surface area contributed by atoms with E-state index in [0.29, 0.717) is 55.4 Å². The predicted molar refractivity (Wildman–Crippen MR) is 148 cm³/mol. The molecule has 0 saturated carbocycles. The number of benzene rings is 1. The molecule has 1 aliphatic heterocycles. The summed E-state index contributed by atoms with van der Waals surface area (Å²) in [6.07, 6.45) is 4.24. The Morgan fingerprint density at radius 3 is 2.67 bits per heavy atom. The van der Waals surface area contributed by atoms with Gasteiger partial charge in [0, 0.05) is 25.0 Å². The van der Waals surface area contributed by atoms with E-state index in [0.717, 1.165) is 5.56 Å². The van der Waals surface area contributed by atoms with Crippen LogP contribution in [0.5, 0.6) is 5.75 Å². The second kappa shape index (κ2) is 12.3. The lowest BCUT2D eigenvalue weighted by Crippen LogP contribution is -2.41. The molecule has 10 heteroatoms. The topological polar surface area (TPSA) is 126 Å². The normalized spacial score (nSPS) is 15.5. The number of ether oxygens (including phenoxy) is 2. The molecular weight excluding hydrogens is 498 g/mol. The number of hydrogen-bond donors (Lipinski definition) is 1. The minimum atomic E-state index is -0.663. The van der Waals surface area contributed by atoms with Gasteiger partial charge in [-0.1, -0.05) is 6.07 Å². The minimum Gasteiger partial charge on any atom is -0.494 e. The predicted octanol–water partition coefficient (Wildman–Crippen LogP) is 3.73. The standard InChI is InChI=1S/C29H31N5O5/c1-4-38-23-12-10-22(11-13-23)31-27(35)21(17-30)16-24-26(32-25-19(3)8-6-15-34(25)28(24)36)33-14-7-9-20(18-33)29(37)39-5-2/h6,8,10-13,15-16,20H,4-5,7,9,14,18H2,1-3H3,(H,31,35)/b21-16+. The van der Waals surface area contributed by atoms with Gasteiger partial charge in [0.2, 0.25) is 0 Å². The highest BCUT2D eigenvalue weighted by molar-refractivity contribution is 6.10. The molecule has 10 nitrogen and oxygen atoms in total. The van der Waals surface area contributed by atoms with Crippen molar-refractivity contribution in [2.75, 3.05) is 36.5 Å². The summed E-state index contributed by atoms with van der Waals surface area (Å²) < 4.78 is 12.1. The Bertz CT molecular complexity index is 1500. The van der Waals surface area contributed by atoms with Crippen molar-refractivity contribution < 1.29 is 19.1 Å². The van der Waals surface area contributed by atoms with E-state index >= 15 is 0 Å². The van der Waals surface area contributed by atoms with Gasteiger partial charge in [-0.15, -0.1) is 0 Å². The van der Waals surface area contributed by atoms with E-state index in [2.05, 4.69) is 5.32 Å². The molecule has 0 aliphatic carbocycles. The first-order valence-corrected chi connectivity index (χ1v) is 13.0. The summed E-state index contributed by atoms with van der Waals surface area (Å²) in [6, 6.07) is 12.3. The smallest absolute Gasteiger partial charge is 0.310 e. The molecule has 2 aromatic heterocycles. The monoisotopic (exact) mass is 529 g/mol. The number of anilines is 2. The van der Waals surface area contributed by atoms with Gasteiger partial charge in [0.25, 0.3) is 11.5 Å². The zero-order valence-corrected chi connectivity index (χ0v) is 22.3. The van der Waals surface area contributed by atoms with Gasteiger partial charge < -0.3 is 19.7 Å². The average molecular weight is 530 g/mol. The van der Waals surface area contributed by atoms with Crippen molar-refractivity contribution in [3.05, 3.63) is 69.6 Å². The highest BCUT2D eigenvalue weighted by Crippen LogP contribution is 2.27. The summed E-state index contributed by atoms with van der Waals surface area (Å²) in [7, 11) is 0. The largest absolute Gasteiger partial charge is 0.494 e. The van der Waals surface area contributed by atoms with Crippen LogP contribution in [0.3, 0.4) is 0 Å². The molecule has 1 N–H and O–H groups in total. The van der Waals surface area contributed by atoms with E-state index in [9.17, 15) is 19.6 Å². The Hall–Kier alpha value is -4.65. The lowest BCUT2D eigenvalue weighted by atomic mass is 9.97. The SMILES string of the molecule is CCOC(=O)C1CCCN(c2nc3c(C)cccn3c(=O)c2/C=C(\C#N)C(=O)Nc2ccc(OCC)cc2)C1. The summed E-state index contributed by atoms with van der Waals surface area (Å²) in [4.78, 5) is 45.9. The van der Waals surface area contributed by atoms with Crippen LogP contribution in [0.4, 0.5) is 11.5 Å². The molecule has 4 rings (SSSR count). The van der Waals surface area contributed by atoms with E-state index in [1.807, 2.05) is 30.9 Å². The molecule has 1 aliphatic rings. The van der Waals surface area contributed by atoms with E-state index in [4.69, 9.17) is 14.5 Å². The van der Waals surface area contributed by atoms with Crippen LogP contribution in [0.15, 0.2) is 53.0 Å². The number of aryl methyl sites for hydroxylation is 1. The van der Waals surface area contributed by atoms with Gasteiger partial charge >= 0.3 is 5.97 Å². The van der Waals surface area contributed by atoms with Crippen LogP contribution in [0.1, 0.15) is 37.8 Å². The number of aromatic nitrogens is 2. The van der Waals surface area contributed by atoms with Gasteiger partial charge in [-0.2, -0.15) is 5.26 Å². The Morgan fingerprint density at radius 2 is 1.97 bits per heavy atom. The van der Waals surface area contributed by atoms with Gasteiger partial charge in [-0.3, -0.25) is 18.8 Å². The zero-order valence-electron chi connectivity index (χ0n) is 22.3. The lowest BCUT2D eigenvalue weighted by Gasteiger charge is -2.33. The summed E-state index contributed by atoms with van der Waals surface area (Å²) in [5, 5.41) is 12.6. The first kappa shape index (κ1) is 27.4. The molecule has 39 heavy (non-hydrogen) atoms. The number of carbonyl (C=O) groups excluding carboxylic acids is 2. The van der Waals surface area contributed by atoms with Crippen molar-refractivity contribution >= 4 is 35.1 Å². The van der Waals surface area contributed by atoms with Crippen LogP contribution in [0.25, 0.3) is 11.7 Å². The molecule has 1 unspecified atom stereocenters. The molecule has 1 fully saturated rings. The third-order valence-corrected chi connectivity index (χ3v) is 6.48. The third-order valence-electron chi connectivity index (χ3n) is 6.48. The fourth-order valence-corrected chi connectivity index (χ4v) is 4.58. The second-order valence-corrected chi connectivity index (χ2v) is 9.16. The van der Waals surface area contributed by atoms with Crippen molar-refractivity contribution in [3.8, 4) is 11.8 Å². The molecule has 202 valence electrons. The van der Waals surface area contributed by atoms with Crippen LogP contribution < -0.4 is 20.5 Å². The number of carbonyl (C=O) groups is 2. The minimum absolute atomic E-state index is 0.0982. The number of fused-ring (bicyclic) bond motifs is 1. The van der Waals surface area contributed by atoms with Crippen LogP contribution >= 0.6 is 0 Å². The quantitative estimate of drug-likeness (QED) is 0.266. The fraction of sp³-hybridized carbons (Fsp3) is 0.345. The molecule has 1 amide bonds. The Labute approximate surface area is 226 Å². The van der Waals surface area contributed by atoms with Crippen LogP contribution in [-0.4, -0.2) is 47.6 Å². The van der Waals surface area contributed by atoms with Gasteiger partial charge in [-0.05, 0) is 75.6 Å². The summed E-state index contributed by atoms with van der Waals surface area (Å²) in [6.45, 7) is 7.16. The maximum atomic E-state index is 13.7. The number of hydrogen-bond acceptors (Lipinski definition) is 8. The van der Waals surface area contributed by atoms with Crippen LogP contribution in [0.2, 0.25) is 0 Å². The summed E-state index contributed by atoms with van der Waals surface area (Å²) >= 11 is 0. The van der Waals surface area contributed by atoms with E-state index < -0.39 is 11.5 Å². The van der Waals surface area contributed by atoms with Gasteiger partial charge in [-0.25, -0.2) is 4.98 Å². The average Bonchev–Trinajstić information content (AvgIpc) is 2.94. The molecule has 1 saturated heterocycles. The number of amides is 1. The summed E-state index contributed by atoms with van der Waals surface area (Å²) in [5.74, 6) is -0.342. The van der Waals surface area contributed by atoms with E-state index in [-0.39, 0.29) is 29.6 Å². The van der Waals surface area contributed by atoms with Crippen molar-refractivity contribution in [2.24, 2.45) is 5.92 Å². The number of nitriles is 1. The second-order valence-electron chi connectivity index (χ2n) is 9.16. The Morgan fingerprint density at radius 1 is 1.21 bits per heavy atom. The molecule has 1 aromatic carbocycles.